The second-order valence-electron chi connectivity index (χ2n) is 6.65. The van der Waals surface area contributed by atoms with Gasteiger partial charge in [-0.3, -0.25) is 9.39 Å². The Labute approximate surface area is 143 Å². The first kappa shape index (κ1) is 16.7. The van der Waals surface area contributed by atoms with Crippen LogP contribution in [0.15, 0.2) is 29.4 Å². The number of aliphatic imine (C=N–C) groups is 1. The van der Waals surface area contributed by atoms with E-state index in [1.807, 2.05) is 35.8 Å². The van der Waals surface area contributed by atoms with E-state index in [2.05, 4.69) is 32.7 Å². The number of nitrogens with zero attached hydrogens (tertiary/aromatic N) is 4. The van der Waals surface area contributed by atoms with Gasteiger partial charge in [0.05, 0.1) is 6.54 Å². The summed E-state index contributed by atoms with van der Waals surface area (Å²) >= 11 is 0. The Morgan fingerprint density at radius 2 is 1.96 bits per heavy atom. The molecule has 0 unspecified atom stereocenters. The van der Waals surface area contributed by atoms with Gasteiger partial charge in [-0.2, -0.15) is 0 Å². The topological polar surface area (TPSA) is 66.6 Å². The highest BCUT2D eigenvalue weighted by atomic mass is 15.3. The van der Waals surface area contributed by atoms with E-state index in [1.54, 1.807) is 0 Å². The molecule has 1 aliphatic carbocycles. The zero-order chi connectivity index (χ0) is 16.8. The number of guanidine groups is 1. The minimum absolute atomic E-state index is 0.605. The lowest BCUT2D eigenvalue weighted by Gasteiger charge is -2.28. The average Bonchev–Trinajstić information content (AvgIpc) is 3.05. The van der Waals surface area contributed by atoms with Gasteiger partial charge in [-0.05, 0) is 36.8 Å². The van der Waals surface area contributed by atoms with Crippen LogP contribution in [0.2, 0.25) is 0 Å². The molecule has 2 aromatic heterocycles. The summed E-state index contributed by atoms with van der Waals surface area (Å²) in [6, 6.07) is 5.91. The lowest BCUT2D eigenvalue weighted by molar-refractivity contribution is 0.269. The summed E-state index contributed by atoms with van der Waals surface area (Å²) in [4.78, 5) is 4.32. The lowest BCUT2D eigenvalue weighted by Crippen LogP contribution is -2.40. The van der Waals surface area contributed by atoms with E-state index in [0.717, 1.165) is 35.8 Å². The van der Waals surface area contributed by atoms with Crippen LogP contribution in [0.5, 0.6) is 0 Å². The van der Waals surface area contributed by atoms with Crippen molar-refractivity contribution in [3.8, 4) is 0 Å². The molecule has 0 aromatic carbocycles. The van der Waals surface area contributed by atoms with Crippen molar-refractivity contribution in [3.05, 3.63) is 30.2 Å². The molecule has 130 valence electrons. The average molecular weight is 328 g/mol. The molecule has 0 spiro atoms. The van der Waals surface area contributed by atoms with Gasteiger partial charge in [0.1, 0.15) is 0 Å². The van der Waals surface area contributed by atoms with Crippen LogP contribution in [-0.2, 0) is 6.54 Å². The molecular weight excluding hydrogens is 300 g/mol. The number of pyridine rings is 1. The molecule has 0 atom stereocenters. The van der Waals surface area contributed by atoms with Gasteiger partial charge < -0.3 is 10.6 Å². The van der Waals surface area contributed by atoms with Crippen molar-refractivity contribution in [2.45, 2.75) is 45.6 Å². The zero-order valence-electron chi connectivity index (χ0n) is 14.7. The second-order valence-corrected chi connectivity index (χ2v) is 6.65. The first-order chi connectivity index (χ1) is 11.8. The fraction of sp³-hybridized carbons (Fsp3) is 0.611. The molecule has 1 aliphatic rings. The molecule has 0 aliphatic heterocycles. The molecule has 6 heteroatoms. The van der Waals surface area contributed by atoms with Crippen LogP contribution in [0.1, 0.15) is 44.9 Å². The fourth-order valence-corrected chi connectivity index (χ4v) is 3.48. The minimum Gasteiger partial charge on any atom is -0.356 e. The second kappa shape index (κ2) is 8.13. The molecule has 1 saturated carbocycles. The highest BCUT2D eigenvalue weighted by Crippen LogP contribution is 2.29. The third kappa shape index (κ3) is 4.04. The summed E-state index contributed by atoms with van der Waals surface area (Å²) in [5, 5.41) is 15.2. The van der Waals surface area contributed by atoms with Gasteiger partial charge in [-0.25, -0.2) is 0 Å². The molecule has 3 rings (SSSR count). The number of nitrogens with one attached hydrogen (secondary N) is 2. The van der Waals surface area contributed by atoms with Crippen LogP contribution >= 0.6 is 0 Å². The zero-order valence-corrected chi connectivity index (χ0v) is 14.7. The first-order valence-electron chi connectivity index (χ1n) is 9.03. The number of rotatable bonds is 5. The standard InChI is InChI=1S/C18H28N6/c1-3-14-7-9-15(10-8-14)12-20-18(19-2)21-13-17-23-22-16-6-4-5-11-24(16)17/h4-6,11,14-15H,3,7-10,12-13H2,1-2H3,(H2,19,20,21). The molecule has 2 aromatic rings. The monoisotopic (exact) mass is 328 g/mol. The SMILES string of the molecule is CCC1CCC(CNC(=NC)NCc2nnc3ccccn23)CC1. The van der Waals surface area contributed by atoms with E-state index in [4.69, 9.17) is 0 Å². The minimum atomic E-state index is 0.605. The number of fused-ring (bicyclic) bond motifs is 1. The van der Waals surface area contributed by atoms with E-state index < -0.39 is 0 Å². The van der Waals surface area contributed by atoms with Gasteiger partial charge in [0.2, 0.25) is 0 Å². The predicted octanol–water partition coefficient (Wildman–Crippen LogP) is 2.61. The van der Waals surface area contributed by atoms with Crippen molar-refractivity contribution in [2.24, 2.45) is 16.8 Å². The van der Waals surface area contributed by atoms with E-state index >= 15 is 0 Å². The van der Waals surface area contributed by atoms with Crippen LogP contribution < -0.4 is 10.6 Å². The molecule has 2 heterocycles. The third-order valence-corrected chi connectivity index (χ3v) is 5.12. The normalized spacial score (nSPS) is 21.8. The Morgan fingerprint density at radius 1 is 1.17 bits per heavy atom. The molecular formula is C18H28N6. The van der Waals surface area contributed by atoms with Gasteiger partial charge in [-0.1, -0.05) is 32.3 Å². The smallest absolute Gasteiger partial charge is 0.191 e. The largest absolute Gasteiger partial charge is 0.356 e. The number of aromatic nitrogens is 3. The van der Waals surface area contributed by atoms with Crippen molar-refractivity contribution >= 4 is 11.6 Å². The fourth-order valence-electron chi connectivity index (χ4n) is 3.48. The summed E-state index contributed by atoms with van der Waals surface area (Å²) in [6.45, 7) is 3.91. The van der Waals surface area contributed by atoms with Gasteiger partial charge in [0.15, 0.2) is 17.4 Å². The van der Waals surface area contributed by atoms with Gasteiger partial charge >= 0.3 is 0 Å². The van der Waals surface area contributed by atoms with E-state index in [-0.39, 0.29) is 0 Å². The van der Waals surface area contributed by atoms with Crippen molar-refractivity contribution in [1.82, 2.24) is 25.2 Å². The summed E-state index contributed by atoms with van der Waals surface area (Å²) in [6.07, 6.45) is 8.72. The molecule has 24 heavy (non-hydrogen) atoms. The van der Waals surface area contributed by atoms with Crippen LogP contribution in [0.3, 0.4) is 0 Å². The maximum absolute atomic E-state index is 4.32. The Kier molecular flexibility index (Phi) is 5.67. The molecule has 2 N–H and O–H groups in total. The third-order valence-electron chi connectivity index (χ3n) is 5.12. The maximum atomic E-state index is 4.32. The van der Waals surface area contributed by atoms with Crippen LogP contribution in [-0.4, -0.2) is 34.2 Å². The number of hydrogen-bond acceptors (Lipinski definition) is 3. The van der Waals surface area contributed by atoms with Gasteiger partial charge in [0, 0.05) is 19.8 Å². The molecule has 0 radical (unpaired) electrons. The maximum Gasteiger partial charge on any atom is 0.191 e. The molecule has 0 saturated heterocycles. The Balaban J connectivity index is 1.47. The van der Waals surface area contributed by atoms with E-state index in [1.165, 1.54) is 32.1 Å². The highest BCUT2D eigenvalue weighted by molar-refractivity contribution is 5.79. The van der Waals surface area contributed by atoms with E-state index in [0.29, 0.717) is 6.54 Å². The molecule has 6 nitrogen and oxygen atoms in total. The lowest BCUT2D eigenvalue weighted by atomic mass is 9.81. The molecule has 0 amide bonds. The van der Waals surface area contributed by atoms with Crippen molar-refractivity contribution in [3.63, 3.8) is 0 Å². The van der Waals surface area contributed by atoms with Gasteiger partial charge in [0.25, 0.3) is 0 Å². The van der Waals surface area contributed by atoms with Crippen LogP contribution in [0.4, 0.5) is 0 Å². The van der Waals surface area contributed by atoms with Crippen LogP contribution in [0.25, 0.3) is 5.65 Å². The Hall–Kier alpha value is -2.11. The van der Waals surface area contributed by atoms with Crippen molar-refractivity contribution < 1.29 is 0 Å². The van der Waals surface area contributed by atoms with Crippen molar-refractivity contribution in [1.29, 1.82) is 0 Å². The van der Waals surface area contributed by atoms with Crippen molar-refractivity contribution in [2.75, 3.05) is 13.6 Å². The Morgan fingerprint density at radius 3 is 2.71 bits per heavy atom. The van der Waals surface area contributed by atoms with Gasteiger partial charge in [-0.15, -0.1) is 10.2 Å². The molecule has 1 fully saturated rings. The van der Waals surface area contributed by atoms with E-state index in [9.17, 15) is 0 Å². The first-order valence-corrected chi connectivity index (χ1v) is 9.03. The summed E-state index contributed by atoms with van der Waals surface area (Å²) in [5.74, 6) is 3.43. The Bertz CT molecular complexity index is 669. The quantitative estimate of drug-likeness (QED) is 0.654. The molecule has 0 bridgehead atoms. The summed E-state index contributed by atoms with van der Waals surface area (Å²) in [7, 11) is 1.81. The highest BCUT2D eigenvalue weighted by Gasteiger charge is 2.20. The van der Waals surface area contributed by atoms with Crippen LogP contribution in [0, 0.1) is 11.8 Å². The summed E-state index contributed by atoms with van der Waals surface area (Å²) < 4.78 is 1.99. The number of hydrogen-bond donors (Lipinski definition) is 2. The summed E-state index contributed by atoms with van der Waals surface area (Å²) in [5.41, 5.74) is 0.866. The predicted molar refractivity (Wildman–Crippen MR) is 96.9 cm³/mol.